The lowest BCUT2D eigenvalue weighted by Gasteiger charge is -2.18. The van der Waals surface area contributed by atoms with Gasteiger partial charge in [0.2, 0.25) is 0 Å². The van der Waals surface area contributed by atoms with Crippen LogP contribution in [0.25, 0.3) is 0 Å². The zero-order valence-corrected chi connectivity index (χ0v) is 10.00. The fourth-order valence-electron chi connectivity index (χ4n) is 1.53. The predicted molar refractivity (Wildman–Crippen MR) is 69.5 cm³/mol. The summed E-state index contributed by atoms with van der Waals surface area (Å²) >= 11 is 0. The molecule has 0 aliphatic heterocycles. The molecule has 1 rings (SSSR count). The minimum atomic E-state index is 0.113. The molecule has 94 valence electrons. The second kappa shape index (κ2) is 8.87. The lowest BCUT2D eigenvalue weighted by atomic mass is 10.2. The molecule has 1 aromatic rings. The third kappa shape index (κ3) is 6.16. The van der Waals surface area contributed by atoms with Crippen molar-refractivity contribution in [2.75, 3.05) is 39.4 Å². The summed E-state index contributed by atoms with van der Waals surface area (Å²) in [6.07, 6.45) is 1.84. The average molecular weight is 236 g/mol. The van der Waals surface area contributed by atoms with Crippen molar-refractivity contribution in [1.29, 1.82) is 0 Å². The number of rotatable bonds is 8. The molecule has 0 aromatic heterocycles. The quantitative estimate of drug-likeness (QED) is 0.642. The van der Waals surface area contributed by atoms with Gasteiger partial charge in [0, 0.05) is 25.8 Å². The van der Waals surface area contributed by atoms with Gasteiger partial charge in [0.1, 0.15) is 0 Å². The van der Waals surface area contributed by atoms with Gasteiger partial charge < -0.3 is 10.2 Å². The molecular formula is C13H20N2O2. The Balaban J connectivity index is 2.28. The van der Waals surface area contributed by atoms with Gasteiger partial charge in [-0.3, -0.25) is 9.89 Å². The first-order valence-corrected chi connectivity index (χ1v) is 5.85. The van der Waals surface area contributed by atoms with Gasteiger partial charge in [0.25, 0.3) is 0 Å². The summed E-state index contributed by atoms with van der Waals surface area (Å²) in [7, 11) is 0. The molecule has 0 saturated carbocycles. The predicted octanol–water partition coefficient (Wildman–Crippen LogP) is 0.392. The minimum absolute atomic E-state index is 0.113. The molecule has 0 fully saturated rings. The lowest BCUT2D eigenvalue weighted by molar-refractivity contribution is 0.164. The Labute approximate surface area is 102 Å². The van der Waals surface area contributed by atoms with Gasteiger partial charge >= 0.3 is 0 Å². The molecular weight excluding hydrogens is 216 g/mol. The number of nitrogens with zero attached hydrogens (tertiary/aromatic N) is 2. The van der Waals surface area contributed by atoms with Crippen molar-refractivity contribution in [1.82, 2.24) is 4.90 Å². The number of aliphatic imine (C=N–C) groups is 1. The van der Waals surface area contributed by atoms with Crippen molar-refractivity contribution < 1.29 is 10.2 Å². The normalized spacial score (nSPS) is 11.5. The van der Waals surface area contributed by atoms with Crippen molar-refractivity contribution in [2.24, 2.45) is 4.99 Å². The van der Waals surface area contributed by atoms with Gasteiger partial charge in [0.15, 0.2) is 0 Å². The van der Waals surface area contributed by atoms with Crippen molar-refractivity contribution in [3.8, 4) is 0 Å². The maximum absolute atomic E-state index is 8.84. The van der Waals surface area contributed by atoms with Crippen molar-refractivity contribution in [3.05, 3.63) is 35.9 Å². The van der Waals surface area contributed by atoms with Gasteiger partial charge in [-0.2, -0.15) is 0 Å². The van der Waals surface area contributed by atoms with E-state index in [1.807, 2.05) is 41.4 Å². The Bertz CT molecular complexity index is 308. The molecule has 0 bridgehead atoms. The van der Waals surface area contributed by atoms with Crippen molar-refractivity contribution in [3.63, 3.8) is 0 Å². The van der Waals surface area contributed by atoms with E-state index in [1.165, 1.54) is 0 Å². The van der Waals surface area contributed by atoms with E-state index in [0.717, 1.165) is 12.1 Å². The fraction of sp³-hybridized carbons (Fsp3) is 0.462. The van der Waals surface area contributed by atoms with Crippen LogP contribution in [0.2, 0.25) is 0 Å². The highest BCUT2D eigenvalue weighted by molar-refractivity contribution is 5.79. The molecule has 0 heterocycles. The maximum atomic E-state index is 8.84. The molecule has 4 heteroatoms. The van der Waals surface area contributed by atoms with E-state index < -0.39 is 0 Å². The van der Waals surface area contributed by atoms with Crippen molar-refractivity contribution in [2.45, 2.75) is 0 Å². The first-order valence-electron chi connectivity index (χ1n) is 5.85. The van der Waals surface area contributed by atoms with Crippen LogP contribution in [0.15, 0.2) is 35.3 Å². The van der Waals surface area contributed by atoms with Crippen LogP contribution in [0.1, 0.15) is 5.56 Å². The summed E-state index contributed by atoms with van der Waals surface area (Å²) in [5, 5.41) is 17.7. The zero-order valence-electron chi connectivity index (χ0n) is 10.00. The molecule has 1 aromatic carbocycles. The van der Waals surface area contributed by atoms with Gasteiger partial charge in [-0.1, -0.05) is 30.3 Å². The average Bonchev–Trinajstić information content (AvgIpc) is 2.36. The highest BCUT2D eigenvalue weighted by Crippen LogP contribution is 1.94. The van der Waals surface area contributed by atoms with Crippen molar-refractivity contribution >= 4 is 6.21 Å². The lowest BCUT2D eigenvalue weighted by Crippen LogP contribution is -2.32. The molecule has 4 nitrogen and oxygen atoms in total. The summed E-state index contributed by atoms with van der Waals surface area (Å²) in [6, 6.07) is 9.93. The molecule has 0 atom stereocenters. The molecule has 0 radical (unpaired) electrons. The van der Waals surface area contributed by atoms with Crippen LogP contribution < -0.4 is 0 Å². The van der Waals surface area contributed by atoms with E-state index in [9.17, 15) is 0 Å². The Hall–Kier alpha value is -1.23. The SMILES string of the molecule is OCCN(CCO)CCN=Cc1ccccc1. The van der Waals surface area contributed by atoms with E-state index in [0.29, 0.717) is 19.6 Å². The standard InChI is InChI=1S/C13H20N2O2/c16-10-8-15(9-11-17)7-6-14-12-13-4-2-1-3-5-13/h1-5,12,16-17H,6-11H2. The molecule has 0 aliphatic rings. The number of aliphatic hydroxyl groups excluding tert-OH is 2. The topological polar surface area (TPSA) is 56.1 Å². The monoisotopic (exact) mass is 236 g/mol. The number of hydrogen-bond donors (Lipinski definition) is 2. The number of benzene rings is 1. The summed E-state index contributed by atoms with van der Waals surface area (Å²) in [5.41, 5.74) is 1.09. The minimum Gasteiger partial charge on any atom is -0.395 e. The van der Waals surface area contributed by atoms with Gasteiger partial charge in [-0.25, -0.2) is 0 Å². The van der Waals surface area contributed by atoms with Crippen LogP contribution in [0.5, 0.6) is 0 Å². The van der Waals surface area contributed by atoms with Gasteiger partial charge in [-0.05, 0) is 5.56 Å². The summed E-state index contributed by atoms with van der Waals surface area (Å²) in [5.74, 6) is 0. The first kappa shape index (κ1) is 13.8. The number of aliphatic hydroxyl groups is 2. The molecule has 17 heavy (non-hydrogen) atoms. The molecule has 0 aliphatic carbocycles. The number of hydrogen-bond acceptors (Lipinski definition) is 4. The summed E-state index contributed by atoms with van der Waals surface area (Å²) < 4.78 is 0. The highest BCUT2D eigenvalue weighted by Gasteiger charge is 2.01. The van der Waals surface area contributed by atoms with E-state index in [4.69, 9.17) is 10.2 Å². The van der Waals surface area contributed by atoms with Crippen LogP contribution >= 0.6 is 0 Å². The fourth-order valence-corrected chi connectivity index (χ4v) is 1.53. The Morgan fingerprint density at radius 3 is 2.24 bits per heavy atom. The van der Waals surface area contributed by atoms with Crippen LogP contribution in [0.4, 0.5) is 0 Å². The van der Waals surface area contributed by atoms with Gasteiger partial charge in [0.05, 0.1) is 19.8 Å². The maximum Gasteiger partial charge on any atom is 0.0558 e. The largest absolute Gasteiger partial charge is 0.395 e. The van der Waals surface area contributed by atoms with E-state index in [-0.39, 0.29) is 13.2 Å². The molecule has 0 saturated heterocycles. The third-order valence-corrected chi connectivity index (χ3v) is 2.42. The second-order valence-corrected chi connectivity index (χ2v) is 3.73. The molecule has 0 amide bonds. The van der Waals surface area contributed by atoms with E-state index in [1.54, 1.807) is 0 Å². The molecule has 0 spiro atoms. The van der Waals surface area contributed by atoms with Gasteiger partial charge in [-0.15, -0.1) is 0 Å². The summed E-state index contributed by atoms with van der Waals surface area (Å²) in [4.78, 5) is 6.30. The zero-order chi connectivity index (χ0) is 12.3. The van der Waals surface area contributed by atoms with E-state index >= 15 is 0 Å². The Morgan fingerprint density at radius 1 is 1.00 bits per heavy atom. The highest BCUT2D eigenvalue weighted by atomic mass is 16.3. The van der Waals surface area contributed by atoms with Crippen LogP contribution in [-0.2, 0) is 0 Å². The third-order valence-electron chi connectivity index (χ3n) is 2.42. The smallest absolute Gasteiger partial charge is 0.0558 e. The molecule has 0 unspecified atom stereocenters. The van der Waals surface area contributed by atoms with Crippen LogP contribution in [0.3, 0.4) is 0 Å². The van der Waals surface area contributed by atoms with E-state index in [2.05, 4.69) is 4.99 Å². The van der Waals surface area contributed by atoms with Crippen LogP contribution in [-0.4, -0.2) is 60.7 Å². The summed E-state index contributed by atoms with van der Waals surface area (Å²) in [6.45, 7) is 2.83. The second-order valence-electron chi connectivity index (χ2n) is 3.73. The first-order chi connectivity index (χ1) is 8.36. The Morgan fingerprint density at radius 2 is 1.65 bits per heavy atom. The van der Waals surface area contributed by atoms with Crippen LogP contribution in [0, 0.1) is 0 Å². The molecule has 2 N–H and O–H groups in total. The Kier molecular flexibility index (Phi) is 7.22.